The number of amides is 1. The van der Waals surface area contributed by atoms with Gasteiger partial charge >= 0.3 is 5.69 Å². The third kappa shape index (κ3) is 6.22. The van der Waals surface area contributed by atoms with Crippen LogP contribution >= 0.6 is 0 Å². The second-order valence-electron chi connectivity index (χ2n) is 13.1. The molecule has 2 aliphatic heterocycles. The number of carbonyl (C=O) groups is 1. The van der Waals surface area contributed by atoms with E-state index < -0.39 is 10.0 Å². The molecule has 1 amide bonds. The summed E-state index contributed by atoms with van der Waals surface area (Å²) < 4.78 is 34.4. The molecule has 12 nitrogen and oxygen atoms in total. The van der Waals surface area contributed by atoms with E-state index in [0.29, 0.717) is 29.9 Å². The highest BCUT2D eigenvalue weighted by Crippen LogP contribution is 2.36. The fourth-order valence-corrected chi connectivity index (χ4v) is 8.02. The van der Waals surface area contributed by atoms with Gasteiger partial charge < -0.3 is 19.9 Å². The molecule has 0 unspecified atom stereocenters. The number of imidazole rings is 1. The minimum Gasteiger partial charge on any atom is -0.381 e. The predicted molar refractivity (Wildman–Crippen MR) is 187 cm³/mol. The number of aromatic amines is 1. The highest BCUT2D eigenvalue weighted by atomic mass is 32.2. The number of fused-ring (bicyclic) bond motifs is 1. The summed E-state index contributed by atoms with van der Waals surface area (Å²) in [6.45, 7) is 10.4. The van der Waals surface area contributed by atoms with Crippen LogP contribution in [0.4, 0.5) is 5.69 Å². The Balaban J connectivity index is 1.43. The van der Waals surface area contributed by atoms with Crippen LogP contribution in [0, 0.1) is 20.8 Å². The lowest BCUT2D eigenvalue weighted by molar-refractivity contribution is 0.0846. The smallest absolute Gasteiger partial charge is 0.329 e. The zero-order chi connectivity index (χ0) is 34.5. The molecule has 2 saturated heterocycles. The van der Waals surface area contributed by atoms with Crippen LogP contribution in [0.2, 0.25) is 0 Å². The number of anilines is 1. The lowest BCUT2D eigenvalue weighted by atomic mass is 9.95. The van der Waals surface area contributed by atoms with Gasteiger partial charge in [0.2, 0.25) is 10.0 Å². The standard InChI is InChI=1S/C35H44N6O6S/c1-7-40(26-10-12-47-13-11-26)31-17-25(15-28(23(31)4)33(42)36-18-29-21(2)14-22(3)37-34(29)43)24-8-9-30-32(16-24)41(35(44)38(30)5)27-19-39(20-27)48(6,45)46/h8-9,14-17,26-27H,7,10-13,18-20H2,1-6H3,(H,36,42)(H,37,43). The van der Waals surface area contributed by atoms with Crippen molar-refractivity contribution in [1.82, 2.24) is 23.7 Å². The van der Waals surface area contributed by atoms with Crippen LogP contribution in [0.15, 0.2) is 46.0 Å². The summed E-state index contributed by atoms with van der Waals surface area (Å²) in [4.78, 5) is 45.2. The summed E-state index contributed by atoms with van der Waals surface area (Å²) in [6.07, 6.45) is 2.93. The van der Waals surface area contributed by atoms with E-state index in [2.05, 4.69) is 28.2 Å². The molecule has 0 radical (unpaired) electrons. The largest absolute Gasteiger partial charge is 0.381 e. The van der Waals surface area contributed by atoms with Crippen LogP contribution in [0.5, 0.6) is 0 Å². The highest BCUT2D eigenvalue weighted by Gasteiger charge is 2.36. The average molecular weight is 677 g/mol. The number of pyridine rings is 1. The van der Waals surface area contributed by atoms with Crippen LogP contribution in [-0.2, 0) is 28.4 Å². The Hall–Kier alpha value is -4.20. The third-order valence-electron chi connectivity index (χ3n) is 9.91. The van der Waals surface area contributed by atoms with E-state index in [-0.39, 0.29) is 48.9 Å². The molecular weight excluding hydrogens is 632 g/mol. The molecule has 13 heteroatoms. The van der Waals surface area contributed by atoms with E-state index in [1.807, 2.05) is 51.1 Å². The quantitative estimate of drug-likeness (QED) is 0.277. The van der Waals surface area contributed by atoms with Crippen LogP contribution in [0.25, 0.3) is 22.2 Å². The van der Waals surface area contributed by atoms with Gasteiger partial charge in [-0.05, 0) is 93.1 Å². The maximum absolute atomic E-state index is 13.9. The minimum atomic E-state index is -3.35. The summed E-state index contributed by atoms with van der Waals surface area (Å²) in [5, 5.41) is 3.00. The first-order valence-corrected chi connectivity index (χ1v) is 18.3. The first-order chi connectivity index (χ1) is 22.8. The Morgan fingerprint density at radius 3 is 2.38 bits per heavy atom. The molecule has 0 bridgehead atoms. The number of carbonyl (C=O) groups excluding carboxylic acids is 1. The first-order valence-electron chi connectivity index (χ1n) is 16.4. The number of H-pyrrole nitrogens is 1. The summed E-state index contributed by atoms with van der Waals surface area (Å²) in [7, 11) is -1.63. The number of nitrogens with zero attached hydrogens (tertiary/aromatic N) is 4. The molecule has 6 rings (SSSR count). The van der Waals surface area contributed by atoms with Crippen LogP contribution in [0.3, 0.4) is 0 Å². The number of nitrogens with one attached hydrogen (secondary N) is 2. The normalized spacial score (nSPS) is 16.3. The van der Waals surface area contributed by atoms with Gasteiger partial charge in [-0.25, -0.2) is 13.2 Å². The van der Waals surface area contributed by atoms with Crippen LogP contribution < -0.4 is 21.5 Å². The SMILES string of the molecule is CCN(c1cc(-c2ccc3c(c2)n(C2CN(S(C)(=O)=O)C2)c(=O)n3C)cc(C(=O)NCc2c(C)cc(C)[nH]c2=O)c1C)C1CCOCC1. The first kappa shape index (κ1) is 33.7. The van der Waals surface area contributed by atoms with E-state index in [1.165, 1.54) is 10.6 Å². The van der Waals surface area contributed by atoms with E-state index in [0.717, 1.165) is 58.5 Å². The molecule has 48 heavy (non-hydrogen) atoms. The molecule has 2 N–H and O–H groups in total. The number of rotatable bonds is 9. The van der Waals surface area contributed by atoms with Gasteiger partial charge in [0.15, 0.2) is 0 Å². The topological polar surface area (TPSA) is 139 Å². The molecule has 0 aliphatic carbocycles. The molecule has 0 saturated carbocycles. The van der Waals surface area contributed by atoms with Gasteiger partial charge in [0.05, 0.1) is 23.3 Å². The van der Waals surface area contributed by atoms with Gasteiger partial charge in [0, 0.05) is 75.0 Å². The summed E-state index contributed by atoms with van der Waals surface area (Å²) in [6, 6.07) is 11.7. The monoisotopic (exact) mass is 676 g/mol. The van der Waals surface area contributed by atoms with Crippen LogP contribution in [0.1, 0.15) is 58.5 Å². The average Bonchev–Trinajstić information content (AvgIpc) is 3.25. The zero-order valence-electron chi connectivity index (χ0n) is 28.4. The number of aromatic nitrogens is 3. The number of hydrogen-bond acceptors (Lipinski definition) is 7. The fourth-order valence-electron chi connectivity index (χ4n) is 7.14. The molecule has 256 valence electrons. The Morgan fingerprint density at radius 1 is 1.02 bits per heavy atom. The fraction of sp³-hybridized carbons (Fsp3) is 0.457. The second-order valence-corrected chi connectivity index (χ2v) is 15.1. The molecule has 2 fully saturated rings. The summed E-state index contributed by atoms with van der Waals surface area (Å²) in [5.41, 5.74) is 7.04. The van der Waals surface area contributed by atoms with Crippen molar-refractivity contribution < 1.29 is 17.9 Å². The third-order valence-corrected chi connectivity index (χ3v) is 11.1. The molecule has 4 heterocycles. The van der Waals surface area contributed by atoms with E-state index in [4.69, 9.17) is 4.74 Å². The lowest BCUT2D eigenvalue weighted by Crippen LogP contribution is -2.52. The Bertz CT molecular complexity index is 2120. The van der Waals surface area contributed by atoms with E-state index in [1.54, 1.807) is 16.2 Å². The second kappa shape index (κ2) is 13.0. The molecule has 4 aromatic rings. The van der Waals surface area contributed by atoms with Crippen LogP contribution in [-0.4, -0.2) is 77.9 Å². The molecule has 0 atom stereocenters. The molecular formula is C35H44N6O6S. The Kier molecular flexibility index (Phi) is 9.14. The van der Waals surface area contributed by atoms with Crippen molar-refractivity contribution in [2.24, 2.45) is 7.05 Å². The van der Waals surface area contributed by atoms with Gasteiger partial charge in [0.25, 0.3) is 11.5 Å². The number of aryl methyl sites for hydroxylation is 3. The van der Waals surface area contributed by atoms with Gasteiger partial charge in [-0.3, -0.25) is 18.7 Å². The van der Waals surface area contributed by atoms with Crippen molar-refractivity contribution in [2.45, 2.75) is 59.2 Å². The van der Waals surface area contributed by atoms with Gasteiger partial charge in [0.1, 0.15) is 0 Å². The number of sulfonamides is 1. The number of benzene rings is 2. The number of hydrogen-bond donors (Lipinski definition) is 2. The molecule has 2 aromatic heterocycles. The predicted octanol–water partition coefficient (Wildman–Crippen LogP) is 3.37. The Labute approximate surface area is 280 Å². The van der Waals surface area contributed by atoms with Crippen molar-refractivity contribution in [3.63, 3.8) is 0 Å². The van der Waals surface area contributed by atoms with Gasteiger partial charge in [-0.1, -0.05) is 6.07 Å². The lowest BCUT2D eigenvalue weighted by Gasteiger charge is -2.37. The van der Waals surface area contributed by atoms with Gasteiger partial charge in [-0.15, -0.1) is 0 Å². The van der Waals surface area contributed by atoms with E-state index >= 15 is 0 Å². The number of ether oxygens (including phenoxy) is 1. The van der Waals surface area contributed by atoms with E-state index in [9.17, 15) is 22.8 Å². The molecule has 2 aliphatic rings. The van der Waals surface area contributed by atoms with Crippen molar-refractivity contribution in [1.29, 1.82) is 0 Å². The zero-order valence-corrected chi connectivity index (χ0v) is 29.2. The highest BCUT2D eigenvalue weighted by molar-refractivity contribution is 7.88. The summed E-state index contributed by atoms with van der Waals surface area (Å²) >= 11 is 0. The molecule has 0 spiro atoms. The van der Waals surface area contributed by atoms with Crippen molar-refractivity contribution >= 4 is 32.7 Å². The minimum absolute atomic E-state index is 0.0882. The summed E-state index contributed by atoms with van der Waals surface area (Å²) in [5.74, 6) is -0.286. The molecule has 2 aromatic carbocycles. The van der Waals surface area contributed by atoms with Crippen molar-refractivity contribution in [3.05, 3.63) is 85.2 Å². The maximum atomic E-state index is 13.9. The van der Waals surface area contributed by atoms with Crippen molar-refractivity contribution in [2.75, 3.05) is 44.0 Å². The maximum Gasteiger partial charge on any atom is 0.329 e. The van der Waals surface area contributed by atoms with Gasteiger partial charge in [-0.2, -0.15) is 4.31 Å². The van der Waals surface area contributed by atoms with Crippen molar-refractivity contribution in [3.8, 4) is 11.1 Å². The Morgan fingerprint density at radius 2 is 1.73 bits per heavy atom.